The molecule has 0 bridgehead atoms. The summed E-state index contributed by atoms with van der Waals surface area (Å²) in [6.45, 7) is 9.69. The van der Waals surface area contributed by atoms with Crippen LogP contribution < -0.4 is 0 Å². The van der Waals surface area contributed by atoms with E-state index in [0.29, 0.717) is 12.5 Å². The average Bonchev–Trinajstić information content (AvgIpc) is 2.29. The van der Waals surface area contributed by atoms with Crippen LogP contribution in [0.4, 0.5) is 0 Å². The van der Waals surface area contributed by atoms with Crippen molar-refractivity contribution in [2.45, 2.75) is 47.0 Å². The summed E-state index contributed by atoms with van der Waals surface area (Å²) >= 11 is 0. The lowest BCUT2D eigenvalue weighted by Crippen LogP contribution is -2.37. The van der Waals surface area contributed by atoms with Gasteiger partial charge in [-0.3, -0.25) is 4.79 Å². The van der Waals surface area contributed by atoms with E-state index in [1.165, 1.54) is 0 Å². The van der Waals surface area contributed by atoms with E-state index < -0.39 is 0 Å². The molecule has 0 N–H and O–H groups in total. The normalized spacial score (nSPS) is 15.1. The summed E-state index contributed by atoms with van der Waals surface area (Å²) in [5.41, 5.74) is -0.324. The minimum absolute atomic E-state index is 0.0319. The Morgan fingerprint density at radius 2 is 1.76 bits per heavy atom. The highest BCUT2D eigenvalue weighted by atomic mass is 16.5. The highest BCUT2D eigenvalue weighted by Crippen LogP contribution is 2.36. The van der Waals surface area contributed by atoms with Crippen molar-refractivity contribution in [3.05, 3.63) is 0 Å². The Hall–Kier alpha value is -0.570. The lowest BCUT2D eigenvalue weighted by Gasteiger charge is -2.33. The predicted octanol–water partition coefficient (Wildman–Crippen LogP) is 2.94. The molecule has 0 spiro atoms. The second-order valence-electron chi connectivity index (χ2n) is 5.22. The first-order chi connectivity index (χ1) is 7.92. The Labute approximate surface area is 107 Å². The molecule has 0 aromatic rings. The summed E-state index contributed by atoms with van der Waals surface area (Å²) < 4.78 is 5.41. The van der Waals surface area contributed by atoms with E-state index in [0.717, 1.165) is 25.8 Å². The SMILES string of the molecule is CCC(CC)C(C)(CC)C(=O)OCCN(C)C. The zero-order chi connectivity index (χ0) is 13.5. The number of carbonyl (C=O) groups is 1. The molecule has 0 aliphatic rings. The zero-order valence-corrected chi connectivity index (χ0v) is 12.4. The number of ether oxygens (including phenoxy) is 1. The molecule has 17 heavy (non-hydrogen) atoms. The standard InChI is InChI=1S/C14H29NO2/c1-7-12(8-2)14(4,9-3)13(16)17-11-10-15(5)6/h12H,7-11H2,1-6H3. The van der Waals surface area contributed by atoms with E-state index in [4.69, 9.17) is 4.74 Å². The van der Waals surface area contributed by atoms with Crippen LogP contribution in [-0.2, 0) is 9.53 Å². The largest absolute Gasteiger partial charge is 0.464 e. The lowest BCUT2D eigenvalue weighted by atomic mass is 9.72. The van der Waals surface area contributed by atoms with Crippen molar-refractivity contribution in [2.75, 3.05) is 27.2 Å². The van der Waals surface area contributed by atoms with Crippen LogP contribution in [0.5, 0.6) is 0 Å². The highest BCUT2D eigenvalue weighted by molar-refractivity contribution is 5.76. The number of nitrogens with zero attached hydrogens (tertiary/aromatic N) is 1. The Bertz CT molecular complexity index is 224. The molecule has 0 aliphatic carbocycles. The quantitative estimate of drug-likeness (QED) is 0.614. The topological polar surface area (TPSA) is 29.5 Å². The molecule has 3 nitrogen and oxygen atoms in total. The first-order valence-electron chi connectivity index (χ1n) is 6.74. The van der Waals surface area contributed by atoms with Crippen LogP contribution in [-0.4, -0.2) is 38.1 Å². The minimum Gasteiger partial charge on any atom is -0.464 e. The molecule has 0 amide bonds. The fourth-order valence-corrected chi connectivity index (χ4v) is 2.28. The molecule has 1 atom stereocenters. The molecule has 0 heterocycles. The van der Waals surface area contributed by atoms with Crippen LogP contribution in [0.25, 0.3) is 0 Å². The summed E-state index contributed by atoms with van der Waals surface area (Å²) in [5.74, 6) is 0.384. The Kier molecular flexibility index (Phi) is 7.44. The lowest BCUT2D eigenvalue weighted by molar-refractivity contribution is -0.159. The second kappa shape index (κ2) is 7.70. The van der Waals surface area contributed by atoms with Crippen LogP contribution in [0, 0.1) is 11.3 Å². The van der Waals surface area contributed by atoms with Gasteiger partial charge in [-0.25, -0.2) is 0 Å². The fourth-order valence-electron chi connectivity index (χ4n) is 2.28. The first-order valence-corrected chi connectivity index (χ1v) is 6.74. The monoisotopic (exact) mass is 243 g/mol. The van der Waals surface area contributed by atoms with Crippen molar-refractivity contribution in [3.8, 4) is 0 Å². The molecular formula is C14H29NO2. The number of rotatable bonds is 8. The maximum Gasteiger partial charge on any atom is 0.312 e. The summed E-state index contributed by atoms with van der Waals surface area (Å²) in [7, 11) is 3.96. The average molecular weight is 243 g/mol. The first kappa shape index (κ1) is 16.4. The van der Waals surface area contributed by atoms with Crippen molar-refractivity contribution in [1.29, 1.82) is 0 Å². The highest BCUT2D eigenvalue weighted by Gasteiger charge is 2.39. The summed E-state index contributed by atoms with van der Waals surface area (Å²) in [6, 6.07) is 0. The van der Waals surface area contributed by atoms with Gasteiger partial charge in [-0.15, -0.1) is 0 Å². The molecule has 0 rings (SSSR count). The Balaban J connectivity index is 4.46. The zero-order valence-electron chi connectivity index (χ0n) is 12.4. The maximum absolute atomic E-state index is 12.2. The third kappa shape index (κ3) is 4.66. The van der Waals surface area contributed by atoms with Crippen molar-refractivity contribution in [1.82, 2.24) is 4.90 Å². The van der Waals surface area contributed by atoms with E-state index in [9.17, 15) is 4.79 Å². The van der Waals surface area contributed by atoms with Crippen LogP contribution in [0.3, 0.4) is 0 Å². The predicted molar refractivity (Wildman–Crippen MR) is 72.0 cm³/mol. The Morgan fingerprint density at radius 3 is 2.12 bits per heavy atom. The number of hydrogen-bond acceptors (Lipinski definition) is 3. The van der Waals surface area contributed by atoms with Gasteiger partial charge in [0.15, 0.2) is 0 Å². The van der Waals surface area contributed by atoms with Gasteiger partial charge in [-0.05, 0) is 33.4 Å². The van der Waals surface area contributed by atoms with E-state index in [-0.39, 0.29) is 11.4 Å². The number of carbonyl (C=O) groups excluding carboxylic acids is 1. The van der Waals surface area contributed by atoms with Gasteiger partial charge in [0, 0.05) is 6.54 Å². The minimum atomic E-state index is -0.324. The van der Waals surface area contributed by atoms with Crippen molar-refractivity contribution >= 4 is 5.97 Å². The smallest absolute Gasteiger partial charge is 0.312 e. The van der Waals surface area contributed by atoms with Crippen LogP contribution in [0.1, 0.15) is 47.0 Å². The molecule has 0 fully saturated rings. The van der Waals surface area contributed by atoms with Crippen LogP contribution >= 0.6 is 0 Å². The van der Waals surface area contributed by atoms with E-state index in [1.807, 2.05) is 25.9 Å². The van der Waals surface area contributed by atoms with Gasteiger partial charge in [0.25, 0.3) is 0 Å². The molecule has 0 aromatic carbocycles. The van der Waals surface area contributed by atoms with Crippen molar-refractivity contribution in [2.24, 2.45) is 11.3 Å². The molecule has 0 saturated carbocycles. The van der Waals surface area contributed by atoms with Crippen molar-refractivity contribution < 1.29 is 9.53 Å². The van der Waals surface area contributed by atoms with E-state index >= 15 is 0 Å². The fraction of sp³-hybridized carbons (Fsp3) is 0.929. The van der Waals surface area contributed by atoms with E-state index in [1.54, 1.807) is 0 Å². The van der Waals surface area contributed by atoms with Gasteiger partial charge in [0.05, 0.1) is 5.41 Å². The van der Waals surface area contributed by atoms with Crippen molar-refractivity contribution in [3.63, 3.8) is 0 Å². The molecular weight excluding hydrogens is 214 g/mol. The molecule has 0 saturated heterocycles. The van der Waals surface area contributed by atoms with Crippen LogP contribution in [0.2, 0.25) is 0 Å². The molecule has 0 aliphatic heterocycles. The summed E-state index contributed by atoms with van der Waals surface area (Å²) in [4.78, 5) is 14.2. The molecule has 1 unspecified atom stereocenters. The van der Waals surface area contributed by atoms with Gasteiger partial charge in [-0.1, -0.05) is 33.6 Å². The third-order valence-corrected chi connectivity index (χ3v) is 3.86. The number of likely N-dealkylation sites (N-methyl/N-ethyl adjacent to an activating group) is 1. The van der Waals surface area contributed by atoms with Gasteiger partial charge < -0.3 is 9.64 Å². The third-order valence-electron chi connectivity index (χ3n) is 3.86. The van der Waals surface area contributed by atoms with E-state index in [2.05, 4.69) is 20.8 Å². The van der Waals surface area contributed by atoms with Gasteiger partial charge >= 0.3 is 5.97 Å². The second-order valence-corrected chi connectivity index (χ2v) is 5.22. The van der Waals surface area contributed by atoms with Gasteiger partial charge in [-0.2, -0.15) is 0 Å². The molecule has 0 radical (unpaired) electrons. The molecule has 0 aromatic heterocycles. The number of hydrogen-bond donors (Lipinski definition) is 0. The van der Waals surface area contributed by atoms with Gasteiger partial charge in [0.1, 0.15) is 6.61 Å². The summed E-state index contributed by atoms with van der Waals surface area (Å²) in [5, 5.41) is 0. The maximum atomic E-state index is 12.2. The van der Waals surface area contributed by atoms with Crippen LogP contribution in [0.15, 0.2) is 0 Å². The van der Waals surface area contributed by atoms with Gasteiger partial charge in [0.2, 0.25) is 0 Å². The Morgan fingerprint density at radius 1 is 1.24 bits per heavy atom. The number of esters is 1. The molecule has 102 valence electrons. The summed E-state index contributed by atoms with van der Waals surface area (Å²) in [6.07, 6.45) is 2.91. The molecule has 3 heteroatoms.